The Kier molecular flexibility index (Phi) is 7.87. The van der Waals surface area contributed by atoms with Crippen LogP contribution in [-0.4, -0.2) is 61.5 Å². The van der Waals surface area contributed by atoms with Crippen molar-refractivity contribution in [3.63, 3.8) is 0 Å². The molecule has 0 bridgehead atoms. The van der Waals surface area contributed by atoms with E-state index in [1.807, 2.05) is 19.1 Å². The number of hydrogen-bond acceptors (Lipinski definition) is 8. The van der Waals surface area contributed by atoms with E-state index < -0.39 is 15.7 Å². The lowest BCUT2D eigenvalue weighted by Crippen LogP contribution is -2.11. The minimum atomic E-state index is -3.21. The van der Waals surface area contributed by atoms with Crippen molar-refractivity contribution in [1.82, 2.24) is 35.1 Å². The Hall–Kier alpha value is -5.04. The molecular weight excluding hydrogens is 583 g/mol. The van der Waals surface area contributed by atoms with Gasteiger partial charge in [-0.25, -0.2) is 22.8 Å². The summed E-state index contributed by atoms with van der Waals surface area (Å²) >= 11 is 0. The monoisotopic (exact) mass is 612 g/mol. The number of benzene rings is 1. The number of aromatic amines is 2. The number of aryl methyl sites for hydroxylation is 1. The topological polar surface area (TPSA) is 159 Å². The van der Waals surface area contributed by atoms with Gasteiger partial charge in [0.15, 0.2) is 11.5 Å². The molecule has 3 N–H and O–H groups in total. The number of anilines is 1. The molecule has 44 heavy (non-hydrogen) atoms. The van der Waals surface area contributed by atoms with Gasteiger partial charge in [-0.1, -0.05) is 13.3 Å². The molecule has 6 rings (SSSR count). The number of carbonyl (C=O) groups is 1. The number of halogens is 1. The van der Waals surface area contributed by atoms with E-state index in [4.69, 9.17) is 4.98 Å². The van der Waals surface area contributed by atoms with Crippen LogP contribution >= 0.6 is 0 Å². The molecule has 224 valence electrons. The maximum absolute atomic E-state index is 14.6. The maximum atomic E-state index is 14.6. The lowest BCUT2D eigenvalue weighted by Gasteiger charge is -2.07. The molecule has 0 saturated heterocycles. The molecule has 6 aromatic rings. The van der Waals surface area contributed by atoms with Crippen LogP contribution in [0.2, 0.25) is 0 Å². The molecule has 0 fully saturated rings. The summed E-state index contributed by atoms with van der Waals surface area (Å²) in [5.41, 5.74) is 5.93. The SMILES string of the molecule is CCCCC(=O)Nc1cncc(-c2cnc3n[nH]c(-c4nc5c(-c6cc(F)cc(CCS(C)(=O)=O)c6)nccc5[nH]4)c3c2)c1. The van der Waals surface area contributed by atoms with Gasteiger partial charge in [-0.05, 0) is 54.8 Å². The lowest BCUT2D eigenvalue weighted by molar-refractivity contribution is -0.116. The summed E-state index contributed by atoms with van der Waals surface area (Å²) in [6.07, 6.45) is 10.1. The normalized spacial score (nSPS) is 11.8. The maximum Gasteiger partial charge on any atom is 0.224 e. The first-order valence-corrected chi connectivity index (χ1v) is 16.1. The first-order valence-electron chi connectivity index (χ1n) is 14.1. The number of imidazole rings is 1. The van der Waals surface area contributed by atoms with E-state index in [0.717, 1.165) is 30.2 Å². The number of carbonyl (C=O) groups excluding carboxylic acids is 1. The highest BCUT2D eigenvalue weighted by Gasteiger charge is 2.18. The summed E-state index contributed by atoms with van der Waals surface area (Å²) in [5.74, 6) is -0.146. The Morgan fingerprint density at radius 1 is 1.02 bits per heavy atom. The fourth-order valence-corrected chi connectivity index (χ4v) is 5.57. The highest BCUT2D eigenvalue weighted by Crippen LogP contribution is 2.32. The van der Waals surface area contributed by atoms with Gasteiger partial charge in [0.1, 0.15) is 26.9 Å². The van der Waals surface area contributed by atoms with Crippen molar-refractivity contribution in [1.29, 1.82) is 0 Å². The number of amides is 1. The van der Waals surface area contributed by atoms with Crippen LogP contribution in [0.3, 0.4) is 0 Å². The molecule has 1 amide bonds. The van der Waals surface area contributed by atoms with E-state index in [1.165, 1.54) is 12.1 Å². The van der Waals surface area contributed by atoms with E-state index in [9.17, 15) is 17.6 Å². The molecule has 5 aromatic heterocycles. The average Bonchev–Trinajstić information content (AvgIpc) is 3.62. The van der Waals surface area contributed by atoms with Crippen LogP contribution in [0.4, 0.5) is 10.1 Å². The van der Waals surface area contributed by atoms with Crippen molar-refractivity contribution >= 4 is 43.5 Å². The third-order valence-corrected chi connectivity index (χ3v) is 8.10. The largest absolute Gasteiger partial charge is 0.337 e. The van der Waals surface area contributed by atoms with Crippen molar-refractivity contribution in [3.05, 3.63) is 72.6 Å². The summed E-state index contributed by atoms with van der Waals surface area (Å²) in [4.78, 5) is 33.6. The summed E-state index contributed by atoms with van der Waals surface area (Å²) in [5, 5.41) is 11.0. The number of pyridine rings is 3. The Morgan fingerprint density at radius 3 is 2.68 bits per heavy atom. The van der Waals surface area contributed by atoms with Crippen LogP contribution in [0.1, 0.15) is 31.7 Å². The molecule has 1 aromatic carbocycles. The Morgan fingerprint density at radius 2 is 1.86 bits per heavy atom. The highest BCUT2D eigenvalue weighted by atomic mass is 32.2. The van der Waals surface area contributed by atoms with Gasteiger partial charge in [-0.3, -0.25) is 19.9 Å². The quantitative estimate of drug-likeness (QED) is 0.183. The van der Waals surface area contributed by atoms with Gasteiger partial charge in [-0.2, -0.15) is 5.10 Å². The first kappa shape index (κ1) is 29.1. The molecule has 0 aliphatic rings. The number of hydrogen-bond donors (Lipinski definition) is 3. The molecule has 0 spiro atoms. The second-order valence-electron chi connectivity index (χ2n) is 10.7. The fourth-order valence-electron chi connectivity index (χ4n) is 4.96. The number of aromatic nitrogens is 7. The molecule has 0 aliphatic carbocycles. The van der Waals surface area contributed by atoms with E-state index in [1.54, 1.807) is 36.9 Å². The predicted octanol–water partition coefficient (Wildman–Crippen LogP) is 5.48. The van der Waals surface area contributed by atoms with Gasteiger partial charge in [0.25, 0.3) is 0 Å². The number of unbranched alkanes of at least 4 members (excludes halogenated alkanes) is 1. The summed E-state index contributed by atoms with van der Waals surface area (Å²) in [6.45, 7) is 2.04. The van der Waals surface area contributed by atoms with Gasteiger partial charge >= 0.3 is 0 Å². The number of fused-ring (bicyclic) bond motifs is 2. The van der Waals surface area contributed by atoms with Gasteiger partial charge in [0, 0.05) is 48.0 Å². The van der Waals surface area contributed by atoms with Crippen LogP contribution in [0, 0.1) is 5.82 Å². The summed E-state index contributed by atoms with van der Waals surface area (Å²) in [6, 6.07) is 9.97. The zero-order chi connectivity index (χ0) is 30.8. The molecular formula is C31H29FN8O3S. The predicted molar refractivity (Wildman–Crippen MR) is 167 cm³/mol. The number of nitrogens with one attached hydrogen (secondary N) is 3. The molecule has 11 nitrogen and oxygen atoms in total. The molecule has 0 unspecified atom stereocenters. The van der Waals surface area contributed by atoms with Crippen molar-refractivity contribution in [2.24, 2.45) is 0 Å². The third-order valence-electron chi connectivity index (χ3n) is 7.15. The molecule has 0 atom stereocenters. The van der Waals surface area contributed by atoms with Gasteiger partial charge in [0.2, 0.25) is 5.91 Å². The van der Waals surface area contributed by atoms with E-state index in [2.05, 4.69) is 35.5 Å². The van der Waals surface area contributed by atoms with E-state index >= 15 is 0 Å². The van der Waals surface area contributed by atoms with Crippen LogP contribution < -0.4 is 5.32 Å². The second-order valence-corrected chi connectivity index (χ2v) is 12.9. The molecule has 13 heteroatoms. The smallest absolute Gasteiger partial charge is 0.224 e. The highest BCUT2D eigenvalue weighted by molar-refractivity contribution is 7.90. The van der Waals surface area contributed by atoms with Crippen molar-refractivity contribution < 1.29 is 17.6 Å². The standard InChI is InChI=1S/C31H29FN8O3S/c1-3-4-5-26(41)36-23-13-20(15-33-17-23)21-14-24-28(39-40-30(24)35-16-21)31-37-25-6-8-34-27(29(25)38-31)19-10-18(11-22(32)12-19)7-9-44(2,42)43/h6,8,10-17H,3-5,7,9H2,1-2H3,(H,36,41)(H,37,38)(H,35,39,40). The molecule has 0 saturated carbocycles. The molecule has 0 radical (unpaired) electrons. The first-order chi connectivity index (χ1) is 21.2. The van der Waals surface area contributed by atoms with Crippen molar-refractivity contribution in [2.45, 2.75) is 32.6 Å². The van der Waals surface area contributed by atoms with Crippen LogP contribution in [-0.2, 0) is 21.1 Å². The Balaban J connectivity index is 1.35. The van der Waals surface area contributed by atoms with Crippen LogP contribution in [0.5, 0.6) is 0 Å². The Bertz CT molecular complexity index is 2120. The van der Waals surface area contributed by atoms with E-state index in [-0.39, 0.29) is 18.1 Å². The zero-order valence-electron chi connectivity index (χ0n) is 24.1. The van der Waals surface area contributed by atoms with E-state index in [0.29, 0.717) is 62.5 Å². The average molecular weight is 613 g/mol. The molecule has 0 aliphatic heterocycles. The minimum absolute atomic E-state index is 0.0568. The third kappa shape index (κ3) is 6.32. The van der Waals surface area contributed by atoms with Gasteiger partial charge in [0.05, 0.1) is 34.2 Å². The number of H-pyrrole nitrogens is 2. The summed E-state index contributed by atoms with van der Waals surface area (Å²) < 4.78 is 37.9. The van der Waals surface area contributed by atoms with Crippen molar-refractivity contribution in [2.75, 3.05) is 17.3 Å². The Labute approximate surface area is 252 Å². The number of rotatable bonds is 10. The van der Waals surface area contributed by atoms with Gasteiger partial charge in [-0.15, -0.1) is 0 Å². The zero-order valence-corrected chi connectivity index (χ0v) is 24.9. The molecule has 5 heterocycles. The van der Waals surface area contributed by atoms with Crippen LogP contribution in [0.25, 0.3) is 56.0 Å². The summed E-state index contributed by atoms with van der Waals surface area (Å²) in [7, 11) is -3.21. The van der Waals surface area contributed by atoms with Crippen molar-refractivity contribution in [3.8, 4) is 33.9 Å². The van der Waals surface area contributed by atoms with Gasteiger partial charge < -0.3 is 10.3 Å². The number of nitrogens with zero attached hydrogens (tertiary/aromatic N) is 5. The van der Waals surface area contributed by atoms with Crippen LogP contribution in [0.15, 0.2) is 61.2 Å². The minimum Gasteiger partial charge on any atom is -0.337 e. The number of sulfone groups is 1. The fraction of sp³-hybridized carbons (Fsp3) is 0.226. The second kappa shape index (κ2) is 11.9. The lowest BCUT2D eigenvalue weighted by atomic mass is 10.0.